The highest BCUT2D eigenvalue weighted by atomic mass is 32.2. The third-order valence-corrected chi connectivity index (χ3v) is 4.59. The fourth-order valence-corrected chi connectivity index (χ4v) is 2.87. The first-order chi connectivity index (χ1) is 10.8. The fourth-order valence-electron chi connectivity index (χ4n) is 1.89. The molecule has 0 atom stereocenters. The molecule has 0 bridgehead atoms. The number of aromatic nitrogens is 1. The third kappa shape index (κ3) is 4.64. The van der Waals surface area contributed by atoms with Gasteiger partial charge in [0.2, 0.25) is 15.9 Å². The maximum atomic E-state index is 12.1. The Morgan fingerprint density at radius 2 is 1.91 bits per heavy atom. The molecule has 0 radical (unpaired) electrons. The summed E-state index contributed by atoms with van der Waals surface area (Å²) in [6.45, 7) is 5.35. The number of carbonyl (C=O) groups excluding carboxylic acids is 1. The van der Waals surface area contributed by atoms with Crippen molar-refractivity contribution >= 4 is 21.7 Å². The van der Waals surface area contributed by atoms with Crippen LogP contribution in [0.2, 0.25) is 0 Å². The summed E-state index contributed by atoms with van der Waals surface area (Å²) in [5.74, 6) is 0.580. The Morgan fingerprint density at radius 1 is 1.26 bits per heavy atom. The highest BCUT2D eigenvalue weighted by Gasteiger charge is 2.16. The summed E-state index contributed by atoms with van der Waals surface area (Å²) >= 11 is 0. The van der Waals surface area contributed by atoms with E-state index in [1.54, 1.807) is 19.1 Å². The van der Waals surface area contributed by atoms with Crippen LogP contribution in [0.1, 0.15) is 31.1 Å². The van der Waals surface area contributed by atoms with Gasteiger partial charge in [-0.2, -0.15) is 0 Å². The van der Waals surface area contributed by atoms with E-state index in [1.807, 2.05) is 13.8 Å². The lowest BCUT2D eigenvalue weighted by Gasteiger charge is -2.09. The molecule has 8 heteroatoms. The molecule has 1 aromatic carbocycles. The molecule has 0 fully saturated rings. The average molecular weight is 337 g/mol. The number of amides is 1. The second kappa shape index (κ2) is 6.93. The van der Waals surface area contributed by atoms with E-state index >= 15 is 0 Å². The predicted octanol–water partition coefficient (Wildman–Crippen LogP) is 2.02. The zero-order valence-corrected chi connectivity index (χ0v) is 14.0. The summed E-state index contributed by atoms with van der Waals surface area (Å²) in [5, 5.41) is 6.04. The topological polar surface area (TPSA) is 101 Å². The molecule has 1 aromatic heterocycles. The molecular weight excluding hydrogens is 318 g/mol. The van der Waals surface area contributed by atoms with Crippen LogP contribution >= 0.6 is 0 Å². The first kappa shape index (κ1) is 17.2. The van der Waals surface area contributed by atoms with Crippen molar-refractivity contribution in [1.82, 2.24) is 9.88 Å². The number of rotatable bonds is 6. The summed E-state index contributed by atoms with van der Waals surface area (Å²) in [6.07, 6.45) is 0. The molecule has 0 saturated heterocycles. The van der Waals surface area contributed by atoms with E-state index in [-0.39, 0.29) is 17.3 Å². The molecule has 23 heavy (non-hydrogen) atoms. The Morgan fingerprint density at radius 3 is 2.43 bits per heavy atom. The second-order valence-corrected chi connectivity index (χ2v) is 7.19. The summed E-state index contributed by atoms with van der Waals surface area (Å²) < 4.78 is 31.4. The van der Waals surface area contributed by atoms with Crippen LogP contribution < -0.4 is 10.0 Å². The molecule has 7 nitrogen and oxygen atoms in total. The van der Waals surface area contributed by atoms with Crippen LogP contribution in [-0.2, 0) is 14.8 Å². The Kier molecular flexibility index (Phi) is 5.17. The lowest BCUT2D eigenvalue weighted by molar-refractivity contribution is -0.115. The van der Waals surface area contributed by atoms with Crippen LogP contribution in [0.5, 0.6) is 0 Å². The van der Waals surface area contributed by atoms with Crippen molar-refractivity contribution in [2.45, 2.75) is 31.6 Å². The largest absolute Gasteiger partial charge is 0.360 e. The van der Waals surface area contributed by atoms with Gasteiger partial charge in [0.05, 0.1) is 11.4 Å². The Bertz CT molecular complexity index is 779. The molecule has 0 aliphatic heterocycles. The van der Waals surface area contributed by atoms with Crippen LogP contribution in [0.3, 0.4) is 0 Å². The minimum atomic E-state index is -3.74. The van der Waals surface area contributed by atoms with Crippen LogP contribution in [-0.4, -0.2) is 26.0 Å². The SMILES string of the molecule is Cc1cc(NC(=O)CNS(=O)(=O)c2ccc(C(C)C)cc2)no1. The quantitative estimate of drug-likeness (QED) is 0.840. The summed E-state index contributed by atoms with van der Waals surface area (Å²) in [7, 11) is -3.74. The van der Waals surface area contributed by atoms with Gasteiger partial charge in [-0.15, -0.1) is 0 Å². The number of hydrogen-bond acceptors (Lipinski definition) is 5. The van der Waals surface area contributed by atoms with E-state index in [1.165, 1.54) is 18.2 Å². The lowest BCUT2D eigenvalue weighted by atomic mass is 10.0. The fraction of sp³-hybridized carbons (Fsp3) is 0.333. The van der Waals surface area contributed by atoms with Gasteiger partial charge in [0.1, 0.15) is 5.76 Å². The van der Waals surface area contributed by atoms with Gasteiger partial charge in [0.15, 0.2) is 5.82 Å². The minimum absolute atomic E-state index is 0.118. The van der Waals surface area contributed by atoms with Crippen LogP contribution in [0.15, 0.2) is 39.8 Å². The summed E-state index contributed by atoms with van der Waals surface area (Å²) in [6, 6.07) is 8.11. The summed E-state index contributed by atoms with van der Waals surface area (Å²) in [5.41, 5.74) is 1.04. The van der Waals surface area contributed by atoms with Crippen molar-refractivity contribution in [2.24, 2.45) is 0 Å². The molecule has 1 heterocycles. The standard InChI is InChI=1S/C15H19N3O4S/c1-10(2)12-4-6-13(7-5-12)23(20,21)16-9-15(19)17-14-8-11(3)22-18-14/h4-8,10,16H,9H2,1-3H3,(H,17,18,19). The molecule has 0 spiro atoms. The van der Waals surface area contributed by atoms with Gasteiger partial charge in [-0.3, -0.25) is 4.79 Å². The number of benzene rings is 1. The van der Waals surface area contributed by atoms with Crippen LogP contribution in [0.25, 0.3) is 0 Å². The van der Waals surface area contributed by atoms with Gasteiger partial charge in [-0.1, -0.05) is 31.1 Å². The van der Waals surface area contributed by atoms with Crippen molar-refractivity contribution in [2.75, 3.05) is 11.9 Å². The monoisotopic (exact) mass is 337 g/mol. The lowest BCUT2D eigenvalue weighted by Crippen LogP contribution is -2.33. The van der Waals surface area contributed by atoms with E-state index in [0.717, 1.165) is 5.56 Å². The van der Waals surface area contributed by atoms with Gasteiger partial charge in [-0.25, -0.2) is 13.1 Å². The molecule has 0 aliphatic carbocycles. The van der Waals surface area contributed by atoms with E-state index in [9.17, 15) is 13.2 Å². The molecule has 124 valence electrons. The molecule has 2 aromatic rings. The first-order valence-electron chi connectivity index (χ1n) is 7.11. The van der Waals surface area contributed by atoms with Crippen molar-refractivity contribution < 1.29 is 17.7 Å². The zero-order valence-electron chi connectivity index (χ0n) is 13.2. The van der Waals surface area contributed by atoms with Gasteiger partial charge < -0.3 is 9.84 Å². The number of carbonyl (C=O) groups is 1. The van der Waals surface area contributed by atoms with Gasteiger partial charge in [-0.05, 0) is 30.5 Å². The van der Waals surface area contributed by atoms with Crippen LogP contribution in [0.4, 0.5) is 5.82 Å². The van der Waals surface area contributed by atoms with Crippen molar-refractivity contribution in [3.05, 3.63) is 41.7 Å². The molecule has 0 aliphatic rings. The molecule has 0 unspecified atom stereocenters. The smallest absolute Gasteiger partial charge is 0.241 e. The van der Waals surface area contributed by atoms with Crippen LogP contribution in [0, 0.1) is 6.92 Å². The number of sulfonamides is 1. The highest BCUT2D eigenvalue weighted by molar-refractivity contribution is 7.89. The van der Waals surface area contributed by atoms with Gasteiger partial charge >= 0.3 is 0 Å². The van der Waals surface area contributed by atoms with E-state index < -0.39 is 15.9 Å². The minimum Gasteiger partial charge on any atom is -0.360 e. The molecule has 2 N–H and O–H groups in total. The van der Waals surface area contributed by atoms with E-state index in [4.69, 9.17) is 4.52 Å². The highest BCUT2D eigenvalue weighted by Crippen LogP contribution is 2.17. The van der Waals surface area contributed by atoms with Crippen molar-refractivity contribution in [3.63, 3.8) is 0 Å². The molecule has 1 amide bonds. The predicted molar refractivity (Wildman–Crippen MR) is 85.6 cm³/mol. The second-order valence-electron chi connectivity index (χ2n) is 5.42. The molecule has 2 rings (SSSR count). The number of nitrogens with zero attached hydrogens (tertiary/aromatic N) is 1. The molecular formula is C15H19N3O4S. The van der Waals surface area contributed by atoms with E-state index in [0.29, 0.717) is 11.7 Å². The number of anilines is 1. The Balaban J connectivity index is 1.96. The summed E-state index contributed by atoms with van der Waals surface area (Å²) in [4.78, 5) is 11.8. The van der Waals surface area contributed by atoms with E-state index in [2.05, 4.69) is 15.2 Å². The average Bonchev–Trinajstić information content (AvgIpc) is 2.90. The number of nitrogens with one attached hydrogen (secondary N) is 2. The third-order valence-electron chi connectivity index (χ3n) is 3.18. The Hall–Kier alpha value is -2.19. The number of aryl methyl sites for hydroxylation is 1. The molecule has 0 saturated carbocycles. The normalized spacial score (nSPS) is 11.7. The maximum Gasteiger partial charge on any atom is 0.241 e. The Labute approximate surface area is 135 Å². The van der Waals surface area contributed by atoms with Gasteiger partial charge in [0, 0.05) is 6.07 Å². The first-order valence-corrected chi connectivity index (χ1v) is 8.59. The van der Waals surface area contributed by atoms with Gasteiger partial charge in [0.25, 0.3) is 0 Å². The number of hydrogen-bond donors (Lipinski definition) is 2. The maximum absolute atomic E-state index is 12.1. The van der Waals surface area contributed by atoms with Crippen molar-refractivity contribution in [3.8, 4) is 0 Å². The zero-order chi connectivity index (χ0) is 17.0. The van der Waals surface area contributed by atoms with Crippen molar-refractivity contribution in [1.29, 1.82) is 0 Å².